The van der Waals surface area contributed by atoms with Gasteiger partial charge in [0.25, 0.3) is 0 Å². The van der Waals surface area contributed by atoms with E-state index in [-0.39, 0.29) is 5.97 Å². The summed E-state index contributed by atoms with van der Waals surface area (Å²) in [5, 5.41) is 0. The van der Waals surface area contributed by atoms with Crippen LogP contribution in [0.2, 0.25) is 0 Å². The fraction of sp³-hybridized carbons (Fsp3) is 0.167. The van der Waals surface area contributed by atoms with E-state index < -0.39 is 0 Å². The minimum Gasteiger partial charge on any atom is -0.407 e. The smallest absolute Gasteiger partial charge is 0.363 e. The largest absolute Gasteiger partial charge is 0.407 e. The summed E-state index contributed by atoms with van der Waals surface area (Å²) in [6.45, 7) is 1.90. The van der Waals surface area contributed by atoms with Crippen LogP contribution in [0.15, 0.2) is 39.4 Å². The minimum absolute atomic E-state index is 0.360. The number of nitrogens with zero attached hydrogens (tertiary/aromatic N) is 1. The van der Waals surface area contributed by atoms with E-state index in [1.807, 2.05) is 31.2 Å². The Morgan fingerprint density at radius 2 is 2.06 bits per heavy atom. The van der Waals surface area contributed by atoms with Crippen molar-refractivity contribution in [2.75, 3.05) is 0 Å². The van der Waals surface area contributed by atoms with Crippen LogP contribution in [0, 0.1) is 0 Å². The summed E-state index contributed by atoms with van der Waals surface area (Å²) in [6, 6.07) is 7.64. The lowest BCUT2D eigenvalue weighted by Crippen LogP contribution is -2.02. The Balaban J connectivity index is 2.28. The Kier molecular flexibility index (Phi) is 3.19. The Morgan fingerprint density at radius 3 is 2.62 bits per heavy atom. The quantitative estimate of drug-likeness (QED) is 0.616. The maximum absolute atomic E-state index is 11.4. The molecule has 1 aromatic carbocycles. The van der Waals surface area contributed by atoms with Crippen molar-refractivity contribution in [1.29, 1.82) is 0 Å². The lowest BCUT2D eigenvalue weighted by molar-refractivity contribution is -0.130. The van der Waals surface area contributed by atoms with Crippen LogP contribution in [0.4, 0.5) is 0 Å². The number of carbonyl (C=O) groups excluding carboxylic acids is 1. The molecule has 2 rings (SSSR count). The molecule has 0 saturated carbocycles. The molecule has 4 heteroatoms. The fourth-order valence-corrected chi connectivity index (χ4v) is 1.59. The van der Waals surface area contributed by atoms with Crippen LogP contribution in [0.1, 0.15) is 18.9 Å². The number of hydrogen-bond acceptors (Lipinski definition) is 3. The SMILES string of the molecule is CCC1=N/C(=C/c2ccc(Br)cc2)C(=O)O1. The van der Waals surface area contributed by atoms with Crippen LogP contribution in [0.25, 0.3) is 6.08 Å². The van der Waals surface area contributed by atoms with Crippen LogP contribution >= 0.6 is 15.9 Å². The zero-order chi connectivity index (χ0) is 11.5. The summed E-state index contributed by atoms with van der Waals surface area (Å²) in [5.41, 5.74) is 1.29. The third-order valence-electron chi connectivity index (χ3n) is 2.14. The lowest BCUT2D eigenvalue weighted by atomic mass is 10.2. The molecule has 0 spiro atoms. The minimum atomic E-state index is -0.375. The van der Waals surface area contributed by atoms with Gasteiger partial charge in [-0.1, -0.05) is 35.0 Å². The molecule has 0 unspecified atom stereocenters. The molecular weight excluding hydrogens is 270 g/mol. The van der Waals surface area contributed by atoms with Crippen LogP contribution in [0.5, 0.6) is 0 Å². The monoisotopic (exact) mass is 279 g/mol. The molecule has 82 valence electrons. The van der Waals surface area contributed by atoms with Crippen molar-refractivity contribution >= 4 is 33.9 Å². The number of benzene rings is 1. The number of aliphatic imine (C=N–C) groups is 1. The van der Waals surface area contributed by atoms with E-state index in [1.54, 1.807) is 6.08 Å². The molecule has 0 aromatic heterocycles. The Labute approximate surface area is 102 Å². The molecule has 3 nitrogen and oxygen atoms in total. The summed E-state index contributed by atoms with van der Waals surface area (Å²) >= 11 is 3.35. The van der Waals surface area contributed by atoms with Crippen molar-refractivity contribution in [3.8, 4) is 0 Å². The first-order valence-corrected chi connectivity index (χ1v) is 5.75. The van der Waals surface area contributed by atoms with E-state index in [2.05, 4.69) is 20.9 Å². The van der Waals surface area contributed by atoms with Gasteiger partial charge in [-0.25, -0.2) is 9.79 Å². The fourth-order valence-electron chi connectivity index (χ4n) is 1.32. The number of esters is 1. The maximum Gasteiger partial charge on any atom is 0.363 e. The summed E-state index contributed by atoms with van der Waals surface area (Å²) in [5.74, 6) is 0.105. The second-order valence-corrected chi connectivity index (χ2v) is 4.25. The molecule has 0 fully saturated rings. The average Bonchev–Trinajstić information content (AvgIpc) is 2.63. The van der Waals surface area contributed by atoms with Crippen molar-refractivity contribution < 1.29 is 9.53 Å². The Hall–Kier alpha value is -1.42. The summed E-state index contributed by atoms with van der Waals surface area (Å²) < 4.78 is 5.95. The molecule has 1 aromatic rings. The first kappa shape index (κ1) is 11.1. The Morgan fingerprint density at radius 1 is 1.38 bits per heavy atom. The molecule has 0 atom stereocenters. The molecular formula is C12H10BrNO2. The molecule has 0 aliphatic carbocycles. The van der Waals surface area contributed by atoms with Gasteiger partial charge in [0.1, 0.15) is 0 Å². The molecule has 16 heavy (non-hydrogen) atoms. The third-order valence-corrected chi connectivity index (χ3v) is 2.67. The van der Waals surface area contributed by atoms with Crippen LogP contribution in [0.3, 0.4) is 0 Å². The van der Waals surface area contributed by atoms with Crippen molar-refractivity contribution in [2.24, 2.45) is 4.99 Å². The summed E-state index contributed by atoms with van der Waals surface area (Å²) in [6.07, 6.45) is 2.35. The molecule has 0 N–H and O–H groups in total. The second kappa shape index (κ2) is 4.61. The van der Waals surface area contributed by atoms with E-state index in [4.69, 9.17) is 4.74 Å². The zero-order valence-electron chi connectivity index (χ0n) is 8.74. The standard InChI is InChI=1S/C12H10BrNO2/c1-2-11-14-10(12(15)16-11)7-8-3-5-9(13)6-4-8/h3-7H,2H2,1H3/b10-7+. The molecule has 0 amide bonds. The van der Waals surface area contributed by atoms with Gasteiger partial charge in [0.05, 0.1) is 0 Å². The van der Waals surface area contributed by atoms with E-state index >= 15 is 0 Å². The topological polar surface area (TPSA) is 38.7 Å². The van der Waals surface area contributed by atoms with Gasteiger partial charge in [0.15, 0.2) is 11.6 Å². The van der Waals surface area contributed by atoms with Gasteiger partial charge in [0.2, 0.25) is 0 Å². The first-order valence-electron chi connectivity index (χ1n) is 4.96. The number of rotatable bonds is 2. The van der Waals surface area contributed by atoms with Gasteiger partial charge in [0, 0.05) is 10.9 Å². The van der Waals surface area contributed by atoms with Crippen molar-refractivity contribution in [3.05, 3.63) is 40.0 Å². The summed E-state index contributed by atoms with van der Waals surface area (Å²) in [7, 11) is 0. The van der Waals surface area contributed by atoms with Gasteiger partial charge in [-0.15, -0.1) is 0 Å². The predicted octanol–water partition coefficient (Wildman–Crippen LogP) is 3.16. The highest BCUT2D eigenvalue weighted by molar-refractivity contribution is 9.10. The number of halogens is 1. The lowest BCUT2D eigenvalue weighted by Gasteiger charge is -1.94. The van der Waals surface area contributed by atoms with E-state index in [0.717, 1.165) is 10.0 Å². The molecule has 0 saturated heterocycles. The van der Waals surface area contributed by atoms with E-state index in [9.17, 15) is 4.79 Å². The van der Waals surface area contributed by atoms with Gasteiger partial charge < -0.3 is 4.74 Å². The van der Waals surface area contributed by atoms with Gasteiger partial charge in [-0.05, 0) is 23.8 Å². The highest BCUT2D eigenvalue weighted by atomic mass is 79.9. The third kappa shape index (κ3) is 2.39. The summed E-state index contributed by atoms with van der Waals surface area (Å²) in [4.78, 5) is 15.5. The zero-order valence-corrected chi connectivity index (χ0v) is 10.3. The highest BCUT2D eigenvalue weighted by Crippen LogP contribution is 2.18. The van der Waals surface area contributed by atoms with Crippen molar-refractivity contribution in [3.63, 3.8) is 0 Å². The van der Waals surface area contributed by atoms with Crippen LogP contribution in [-0.2, 0) is 9.53 Å². The van der Waals surface area contributed by atoms with Gasteiger partial charge in [-0.3, -0.25) is 0 Å². The number of ether oxygens (including phenoxy) is 1. The van der Waals surface area contributed by atoms with Crippen LogP contribution < -0.4 is 0 Å². The number of carbonyl (C=O) groups is 1. The first-order chi connectivity index (χ1) is 7.69. The molecule has 0 bridgehead atoms. The highest BCUT2D eigenvalue weighted by Gasteiger charge is 2.21. The Bertz CT molecular complexity index is 474. The van der Waals surface area contributed by atoms with E-state index in [0.29, 0.717) is 18.0 Å². The molecule has 0 radical (unpaired) electrons. The normalized spacial score (nSPS) is 17.5. The second-order valence-electron chi connectivity index (χ2n) is 3.33. The van der Waals surface area contributed by atoms with Gasteiger partial charge >= 0.3 is 5.97 Å². The van der Waals surface area contributed by atoms with Crippen LogP contribution in [-0.4, -0.2) is 11.9 Å². The molecule has 1 aliphatic rings. The number of cyclic esters (lactones) is 1. The van der Waals surface area contributed by atoms with Crippen molar-refractivity contribution in [1.82, 2.24) is 0 Å². The van der Waals surface area contributed by atoms with E-state index in [1.165, 1.54) is 0 Å². The van der Waals surface area contributed by atoms with Gasteiger partial charge in [-0.2, -0.15) is 0 Å². The number of hydrogen-bond donors (Lipinski definition) is 0. The molecule has 1 aliphatic heterocycles. The maximum atomic E-state index is 11.4. The molecule has 1 heterocycles. The average molecular weight is 280 g/mol. The predicted molar refractivity (Wildman–Crippen MR) is 65.9 cm³/mol. The van der Waals surface area contributed by atoms with Crippen molar-refractivity contribution in [2.45, 2.75) is 13.3 Å².